The van der Waals surface area contributed by atoms with E-state index < -0.39 is 12.4 Å². The molecule has 4 rings (SSSR count). The van der Waals surface area contributed by atoms with Gasteiger partial charge in [-0.15, -0.1) is 0 Å². The summed E-state index contributed by atoms with van der Waals surface area (Å²) in [4.78, 5) is 8.73. The maximum atomic E-state index is 11.2. The van der Waals surface area contributed by atoms with E-state index in [2.05, 4.69) is 24.4 Å². The molecule has 0 aromatic heterocycles. The molecule has 2 N–H and O–H groups in total. The number of benzene rings is 3. The van der Waals surface area contributed by atoms with E-state index >= 15 is 0 Å². The SMILES string of the molecule is CC(c1ccccc1)N(C)C(=S)NC1N=C(c2ccccc2)c2cc(Cl)ccc2N(C)C1O. The minimum absolute atomic E-state index is 0.0560. The molecule has 33 heavy (non-hydrogen) atoms. The molecule has 0 saturated heterocycles. The zero-order chi connectivity index (χ0) is 23.5. The third kappa shape index (κ3) is 4.88. The molecule has 0 bridgehead atoms. The summed E-state index contributed by atoms with van der Waals surface area (Å²) in [5.41, 5.74) is 4.54. The Morgan fingerprint density at radius 2 is 1.73 bits per heavy atom. The maximum Gasteiger partial charge on any atom is 0.170 e. The number of nitrogens with zero attached hydrogens (tertiary/aromatic N) is 3. The van der Waals surface area contributed by atoms with Crippen molar-refractivity contribution < 1.29 is 5.11 Å². The highest BCUT2D eigenvalue weighted by atomic mass is 35.5. The first-order valence-electron chi connectivity index (χ1n) is 10.8. The van der Waals surface area contributed by atoms with Crippen molar-refractivity contribution in [3.05, 3.63) is 101 Å². The first-order valence-corrected chi connectivity index (χ1v) is 11.6. The molecule has 0 spiro atoms. The van der Waals surface area contributed by atoms with Gasteiger partial charge < -0.3 is 20.2 Å². The van der Waals surface area contributed by atoms with E-state index in [-0.39, 0.29) is 6.04 Å². The number of aliphatic hydroxyl groups excluding tert-OH is 1. The molecule has 1 aliphatic heterocycles. The number of aliphatic hydroxyl groups is 1. The summed E-state index contributed by atoms with van der Waals surface area (Å²) in [6, 6.07) is 25.7. The molecule has 0 radical (unpaired) electrons. The summed E-state index contributed by atoms with van der Waals surface area (Å²) in [6.45, 7) is 2.09. The number of hydrogen-bond donors (Lipinski definition) is 2. The third-order valence-electron chi connectivity index (χ3n) is 6.04. The number of fused-ring (bicyclic) bond motifs is 1. The molecule has 170 valence electrons. The van der Waals surface area contributed by atoms with Crippen molar-refractivity contribution in [3.8, 4) is 0 Å². The monoisotopic (exact) mass is 478 g/mol. The lowest BCUT2D eigenvalue weighted by atomic mass is 10.0. The van der Waals surface area contributed by atoms with Gasteiger partial charge in [0.25, 0.3) is 0 Å². The quantitative estimate of drug-likeness (QED) is 0.525. The maximum absolute atomic E-state index is 11.2. The number of aliphatic imine (C=N–C) groups is 1. The second-order valence-corrected chi connectivity index (χ2v) is 8.94. The summed E-state index contributed by atoms with van der Waals surface area (Å²) in [5.74, 6) is 0. The van der Waals surface area contributed by atoms with Crippen LogP contribution < -0.4 is 10.2 Å². The van der Waals surface area contributed by atoms with Gasteiger partial charge in [-0.3, -0.25) is 4.99 Å². The highest BCUT2D eigenvalue weighted by Crippen LogP contribution is 2.31. The van der Waals surface area contributed by atoms with Crippen molar-refractivity contribution in [1.29, 1.82) is 0 Å². The molecule has 0 saturated carbocycles. The van der Waals surface area contributed by atoms with Gasteiger partial charge in [-0.1, -0.05) is 72.3 Å². The molecule has 5 nitrogen and oxygen atoms in total. The van der Waals surface area contributed by atoms with Crippen molar-refractivity contribution in [3.63, 3.8) is 0 Å². The minimum atomic E-state index is -0.940. The van der Waals surface area contributed by atoms with Crippen LogP contribution in [-0.2, 0) is 0 Å². The van der Waals surface area contributed by atoms with Gasteiger partial charge in [0, 0.05) is 35.9 Å². The molecular formula is C26H27ClN4OS. The fraction of sp³-hybridized carbons (Fsp3) is 0.231. The standard InChI is InChI=1S/C26H27ClN4OS/c1-17(18-10-6-4-7-11-18)30(2)26(33)29-24-25(32)31(3)22-15-14-20(27)16-21(22)23(28-24)19-12-8-5-9-13-19/h4-17,24-25,32H,1-3H3,(H,29,33). The van der Waals surface area contributed by atoms with Gasteiger partial charge in [0.05, 0.1) is 11.8 Å². The van der Waals surface area contributed by atoms with Crippen LogP contribution in [0.2, 0.25) is 5.02 Å². The zero-order valence-electron chi connectivity index (χ0n) is 18.8. The summed E-state index contributed by atoms with van der Waals surface area (Å²) in [5, 5.41) is 15.6. The van der Waals surface area contributed by atoms with E-state index in [1.165, 1.54) is 0 Å². The Bertz CT molecular complexity index is 1160. The smallest absolute Gasteiger partial charge is 0.170 e. The molecule has 3 atom stereocenters. The second kappa shape index (κ2) is 9.91. The lowest BCUT2D eigenvalue weighted by Gasteiger charge is -2.33. The van der Waals surface area contributed by atoms with Gasteiger partial charge in [0.1, 0.15) is 0 Å². The lowest BCUT2D eigenvalue weighted by Crippen LogP contribution is -2.52. The van der Waals surface area contributed by atoms with Gasteiger partial charge in [0.15, 0.2) is 17.5 Å². The molecule has 0 fully saturated rings. The first kappa shape index (κ1) is 23.2. The number of thiocarbonyl (C=S) groups is 1. The molecule has 3 unspecified atom stereocenters. The van der Waals surface area contributed by atoms with Crippen molar-refractivity contribution in [1.82, 2.24) is 10.2 Å². The summed E-state index contributed by atoms with van der Waals surface area (Å²) in [7, 11) is 3.78. The highest BCUT2D eigenvalue weighted by molar-refractivity contribution is 7.80. The molecule has 7 heteroatoms. The van der Waals surface area contributed by atoms with Gasteiger partial charge in [-0.25, -0.2) is 0 Å². The van der Waals surface area contributed by atoms with Gasteiger partial charge >= 0.3 is 0 Å². The number of hydrogen-bond acceptors (Lipinski definition) is 4. The largest absolute Gasteiger partial charge is 0.370 e. The van der Waals surface area contributed by atoms with Crippen LogP contribution in [0, 0.1) is 0 Å². The van der Waals surface area contributed by atoms with Crippen LogP contribution >= 0.6 is 23.8 Å². The number of anilines is 1. The van der Waals surface area contributed by atoms with Crippen LogP contribution in [0.4, 0.5) is 5.69 Å². The van der Waals surface area contributed by atoms with Crippen LogP contribution in [0.1, 0.15) is 29.7 Å². The fourth-order valence-corrected chi connectivity index (χ4v) is 4.38. The van der Waals surface area contributed by atoms with E-state index in [1.54, 1.807) is 4.90 Å². The predicted molar refractivity (Wildman–Crippen MR) is 140 cm³/mol. The van der Waals surface area contributed by atoms with Crippen LogP contribution in [0.15, 0.2) is 83.9 Å². The molecule has 3 aromatic rings. The molecule has 0 amide bonds. The topological polar surface area (TPSA) is 51.1 Å². The van der Waals surface area contributed by atoms with E-state index in [0.29, 0.717) is 10.1 Å². The molecule has 1 heterocycles. The number of nitrogens with one attached hydrogen (secondary N) is 1. The van der Waals surface area contributed by atoms with Crippen LogP contribution in [0.3, 0.4) is 0 Å². The third-order valence-corrected chi connectivity index (χ3v) is 6.68. The van der Waals surface area contributed by atoms with E-state index in [4.69, 9.17) is 28.8 Å². The zero-order valence-corrected chi connectivity index (χ0v) is 20.4. The van der Waals surface area contributed by atoms with E-state index in [0.717, 1.165) is 28.1 Å². The van der Waals surface area contributed by atoms with Crippen LogP contribution in [-0.4, -0.2) is 47.3 Å². The van der Waals surface area contributed by atoms with Gasteiger partial charge in [-0.2, -0.15) is 0 Å². The summed E-state index contributed by atoms with van der Waals surface area (Å²) in [6.07, 6.45) is -1.63. The van der Waals surface area contributed by atoms with Crippen LogP contribution in [0.25, 0.3) is 0 Å². The Hall–Kier alpha value is -2.93. The van der Waals surface area contributed by atoms with Crippen molar-refractivity contribution in [2.75, 3.05) is 19.0 Å². The Morgan fingerprint density at radius 3 is 2.39 bits per heavy atom. The number of likely N-dealkylation sites (N-methyl/N-ethyl adjacent to an activating group) is 1. The van der Waals surface area contributed by atoms with Crippen molar-refractivity contribution in [2.24, 2.45) is 4.99 Å². The molecule has 3 aromatic carbocycles. The molecular weight excluding hydrogens is 452 g/mol. The predicted octanol–water partition coefficient (Wildman–Crippen LogP) is 4.84. The first-order chi connectivity index (χ1) is 15.9. The molecule has 1 aliphatic rings. The Morgan fingerprint density at radius 1 is 1.09 bits per heavy atom. The average Bonchev–Trinajstić information content (AvgIpc) is 2.94. The van der Waals surface area contributed by atoms with E-state index in [1.807, 2.05) is 85.7 Å². The normalized spacial score (nSPS) is 18.6. The molecule has 0 aliphatic carbocycles. The number of benzodiazepines with no additional fused rings is 1. The Labute approximate surface area is 205 Å². The second-order valence-electron chi connectivity index (χ2n) is 8.12. The Kier molecular flexibility index (Phi) is 6.98. The van der Waals surface area contributed by atoms with Gasteiger partial charge in [0.2, 0.25) is 0 Å². The van der Waals surface area contributed by atoms with Crippen molar-refractivity contribution >= 4 is 40.3 Å². The van der Waals surface area contributed by atoms with Crippen molar-refractivity contribution in [2.45, 2.75) is 25.4 Å². The average molecular weight is 479 g/mol. The van der Waals surface area contributed by atoms with E-state index in [9.17, 15) is 5.11 Å². The fourth-order valence-electron chi connectivity index (χ4n) is 3.93. The Balaban J connectivity index is 1.69. The van der Waals surface area contributed by atoms with Gasteiger partial charge in [-0.05, 0) is 42.9 Å². The number of rotatable bonds is 4. The lowest BCUT2D eigenvalue weighted by molar-refractivity contribution is 0.139. The van der Waals surface area contributed by atoms with Crippen LogP contribution in [0.5, 0.6) is 0 Å². The number of halogens is 1. The highest BCUT2D eigenvalue weighted by Gasteiger charge is 2.31. The summed E-state index contributed by atoms with van der Waals surface area (Å²) < 4.78 is 0. The minimum Gasteiger partial charge on any atom is -0.370 e. The summed E-state index contributed by atoms with van der Waals surface area (Å²) >= 11 is 12.1.